The number of hydrogen-bond acceptors (Lipinski definition) is 5. The van der Waals surface area contributed by atoms with Gasteiger partial charge in [0.2, 0.25) is 0 Å². The van der Waals surface area contributed by atoms with E-state index >= 15 is 0 Å². The highest BCUT2D eigenvalue weighted by Crippen LogP contribution is 2.29. The molecule has 2 rings (SSSR count). The zero-order valence-electron chi connectivity index (χ0n) is 12.4. The Morgan fingerprint density at radius 1 is 1.38 bits per heavy atom. The van der Waals surface area contributed by atoms with Gasteiger partial charge in [-0.3, -0.25) is 14.6 Å². The predicted molar refractivity (Wildman–Crippen MR) is 77.1 cm³/mol. The van der Waals surface area contributed by atoms with Crippen LogP contribution >= 0.6 is 0 Å². The molecule has 1 unspecified atom stereocenters. The summed E-state index contributed by atoms with van der Waals surface area (Å²) < 4.78 is 37.6. The van der Waals surface area contributed by atoms with Gasteiger partial charge in [-0.05, 0) is 25.1 Å². The lowest BCUT2D eigenvalue weighted by Crippen LogP contribution is -2.38. The fourth-order valence-corrected chi connectivity index (χ4v) is 1.77. The predicted octanol–water partition coefficient (Wildman–Crippen LogP) is 0.961. The van der Waals surface area contributed by atoms with E-state index in [0.717, 1.165) is 18.2 Å². The number of H-pyrrole nitrogens is 1. The first kappa shape index (κ1) is 17.6. The van der Waals surface area contributed by atoms with Gasteiger partial charge in [-0.1, -0.05) is 0 Å². The molecule has 2 heterocycles. The maximum Gasteiger partial charge on any atom is 0.417 e. The third-order valence-electron chi connectivity index (χ3n) is 3.05. The van der Waals surface area contributed by atoms with Crippen molar-refractivity contribution in [3.05, 3.63) is 45.9 Å². The van der Waals surface area contributed by atoms with Gasteiger partial charge in [0, 0.05) is 12.2 Å². The van der Waals surface area contributed by atoms with Crippen molar-refractivity contribution in [1.29, 1.82) is 0 Å². The molecule has 1 atom stereocenters. The normalized spacial score (nSPS) is 12.7. The molecule has 2 aromatic rings. The number of carbonyl (C=O) groups excluding carboxylic acids is 1. The molecule has 0 spiro atoms. The fraction of sp³-hybridized carbons (Fsp3) is 0.286. The Hall–Kier alpha value is -2.75. The van der Waals surface area contributed by atoms with Crippen LogP contribution in [0.15, 0.2) is 29.2 Å². The molecule has 0 aliphatic heterocycles. The first-order chi connectivity index (χ1) is 11.2. The summed E-state index contributed by atoms with van der Waals surface area (Å²) in [7, 11) is 0. The van der Waals surface area contributed by atoms with E-state index in [9.17, 15) is 22.8 Å². The summed E-state index contributed by atoms with van der Waals surface area (Å²) >= 11 is 0. The van der Waals surface area contributed by atoms with Crippen LogP contribution < -0.4 is 10.9 Å². The van der Waals surface area contributed by atoms with E-state index in [0.29, 0.717) is 6.20 Å². The molecule has 1 amide bonds. The van der Waals surface area contributed by atoms with E-state index in [-0.39, 0.29) is 23.6 Å². The van der Waals surface area contributed by atoms with Crippen molar-refractivity contribution < 1.29 is 23.1 Å². The van der Waals surface area contributed by atoms with Crippen LogP contribution in [0.4, 0.5) is 13.2 Å². The molecule has 128 valence electrons. The van der Waals surface area contributed by atoms with Crippen molar-refractivity contribution in [3.8, 4) is 11.4 Å². The van der Waals surface area contributed by atoms with Crippen LogP contribution in [0.3, 0.4) is 0 Å². The number of aliphatic hydroxyl groups is 1. The van der Waals surface area contributed by atoms with Crippen LogP contribution in [-0.4, -0.2) is 38.8 Å². The van der Waals surface area contributed by atoms with Gasteiger partial charge in [-0.2, -0.15) is 18.3 Å². The molecule has 0 aromatic carbocycles. The Morgan fingerprint density at radius 2 is 2.08 bits per heavy atom. The van der Waals surface area contributed by atoms with Gasteiger partial charge in [-0.15, -0.1) is 0 Å². The van der Waals surface area contributed by atoms with E-state index in [1.165, 1.54) is 6.92 Å². The average molecular weight is 342 g/mol. The molecule has 0 fully saturated rings. The number of rotatable bonds is 4. The molecule has 7 nitrogen and oxygen atoms in total. The Kier molecular flexibility index (Phi) is 4.98. The van der Waals surface area contributed by atoms with E-state index in [1.54, 1.807) is 0 Å². The van der Waals surface area contributed by atoms with Crippen molar-refractivity contribution in [1.82, 2.24) is 20.5 Å². The number of amides is 1. The summed E-state index contributed by atoms with van der Waals surface area (Å²) in [5.41, 5.74) is -1.89. The largest absolute Gasteiger partial charge is 0.417 e. The number of aromatic nitrogens is 3. The zero-order chi connectivity index (χ0) is 17.9. The van der Waals surface area contributed by atoms with Crippen molar-refractivity contribution >= 4 is 5.91 Å². The maximum atomic E-state index is 12.5. The number of aliphatic hydroxyl groups excluding tert-OH is 1. The molecular weight excluding hydrogens is 329 g/mol. The Labute approximate surface area is 133 Å². The number of pyridine rings is 1. The minimum atomic E-state index is -4.52. The quantitative estimate of drug-likeness (QED) is 0.767. The Balaban J connectivity index is 2.34. The molecule has 3 N–H and O–H groups in total. The summed E-state index contributed by atoms with van der Waals surface area (Å²) in [4.78, 5) is 27.3. The minimum Gasteiger partial charge on any atom is -0.394 e. The Bertz CT molecular complexity index is 787. The van der Waals surface area contributed by atoms with Crippen LogP contribution in [0.1, 0.15) is 22.8 Å². The van der Waals surface area contributed by atoms with Gasteiger partial charge in [0.05, 0.1) is 17.9 Å². The summed E-state index contributed by atoms with van der Waals surface area (Å²) in [6, 6.07) is 2.45. The monoisotopic (exact) mass is 342 g/mol. The van der Waals surface area contributed by atoms with Crippen LogP contribution in [-0.2, 0) is 6.18 Å². The van der Waals surface area contributed by atoms with Crippen LogP contribution in [0, 0.1) is 0 Å². The highest BCUT2D eigenvalue weighted by molar-refractivity contribution is 5.94. The molecule has 0 saturated carbocycles. The third kappa shape index (κ3) is 3.96. The third-order valence-corrected chi connectivity index (χ3v) is 3.05. The Morgan fingerprint density at radius 3 is 2.62 bits per heavy atom. The van der Waals surface area contributed by atoms with Gasteiger partial charge in [0.1, 0.15) is 11.3 Å². The van der Waals surface area contributed by atoms with Gasteiger partial charge < -0.3 is 10.4 Å². The second kappa shape index (κ2) is 6.79. The number of nitrogens with one attached hydrogen (secondary N) is 2. The van der Waals surface area contributed by atoms with Crippen LogP contribution in [0.25, 0.3) is 11.4 Å². The number of hydrogen-bond donors (Lipinski definition) is 3. The highest BCUT2D eigenvalue weighted by Gasteiger charge is 2.30. The van der Waals surface area contributed by atoms with E-state index in [2.05, 4.69) is 20.5 Å². The molecule has 0 radical (unpaired) electrons. The smallest absolute Gasteiger partial charge is 0.394 e. The van der Waals surface area contributed by atoms with Crippen molar-refractivity contribution in [2.75, 3.05) is 6.61 Å². The second-order valence-electron chi connectivity index (χ2n) is 4.98. The molecule has 0 aliphatic rings. The van der Waals surface area contributed by atoms with E-state index in [4.69, 9.17) is 5.11 Å². The summed E-state index contributed by atoms with van der Waals surface area (Å²) in [6.45, 7) is 1.22. The SMILES string of the molecule is CC(CO)NC(=O)c1cc(-c2ccc(C(F)(F)F)cn2)n[nH]c1=O. The molecule has 24 heavy (non-hydrogen) atoms. The lowest BCUT2D eigenvalue weighted by molar-refractivity contribution is -0.137. The van der Waals surface area contributed by atoms with Crippen molar-refractivity contribution in [2.45, 2.75) is 19.1 Å². The van der Waals surface area contributed by atoms with E-state index in [1.807, 2.05) is 0 Å². The molecule has 0 aliphatic carbocycles. The maximum absolute atomic E-state index is 12.5. The number of aromatic amines is 1. The standard InChI is InChI=1S/C14H13F3N4O3/c1-7(6-22)19-12(23)9-4-11(20-21-13(9)24)10-3-2-8(5-18-10)14(15,16)17/h2-5,7,22H,6H2,1H3,(H,19,23)(H,21,24). The zero-order valence-corrected chi connectivity index (χ0v) is 12.4. The topological polar surface area (TPSA) is 108 Å². The van der Waals surface area contributed by atoms with Gasteiger partial charge in [-0.25, -0.2) is 5.10 Å². The molecular formula is C14H13F3N4O3. The molecule has 0 bridgehead atoms. The van der Waals surface area contributed by atoms with Gasteiger partial charge in [0.25, 0.3) is 11.5 Å². The minimum absolute atomic E-state index is 0.0325. The first-order valence-electron chi connectivity index (χ1n) is 6.77. The summed E-state index contributed by atoms with van der Waals surface area (Å²) in [6.07, 6.45) is -3.88. The molecule has 10 heteroatoms. The summed E-state index contributed by atoms with van der Waals surface area (Å²) in [5, 5.41) is 17.1. The molecule has 0 saturated heterocycles. The molecule has 2 aromatic heterocycles. The number of carbonyl (C=O) groups is 1. The van der Waals surface area contributed by atoms with E-state index < -0.39 is 29.2 Å². The number of alkyl halides is 3. The highest BCUT2D eigenvalue weighted by atomic mass is 19.4. The van der Waals surface area contributed by atoms with Crippen molar-refractivity contribution in [3.63, 3.8) is 0 Å². The number of nitrogens with zero attached hydrogens (tertiary/aromatic N) is 2. The van der Waals surface area contributed by atoms with Crippen molar-refractivity contribution in [2.24, 2.45) is 0 Å². The first-order valence-corrected chi connectivity index (χ1v) is 6.77. The van der Waals surface area contributed by atoms with Crippen LogP contribution in [0.2, 0.25) is 0 Å². The fourth-order valence-electron chi connectivity index (χ4n) is 1.77. The summed E-state index contributed by atoms with van der Waals surface area (Å²) in [5.74, 6) is -0.742. The number of halogens is 3. The lowest BCUT2D eigenvalue weighted by Gasteiger charge is -2.10. The van der Waals surface area contributed by atoms with Gasteiger partial charge >= 0.3 is 6.18 Å². The average Bonchev–Trinajstić information content (AvgIpc) is 2.54. The second-order valence-corrected chi connectivity index (χ2v) is 4.98. The lowest BCUT2D eigenvalue weighted by atomic mass is 10.1. The van der Waals surface area contributed by atoms with Gasteiger partial charge in [0.15, 0.2) is 0 Å². The van der Waals surface area contributed by atoms with Crippen LogP contribution in [0.5, 0.6) is 0 Å².